The Morgan fingerprint density at radius 1 is 1.17 bits per heavy atom. The van der Waals surface area contributed by atoms with Gasteiger partial charge in [0.05, 0.1) is 11.9 Å². The van der Waals surface area contributed by atoms with Gasteiger partial charge in [-0.05, 0) is 30.9 Å². The zero-order valence-corrected chi connectivity index (χ0v) is 18.6. The number of pyridine rings is 1. The average Bonchev–Trinajstić information content (AvgIpc) is 3.15. The van der Waals surface area contributed by atoms with Crippen LogP contribution >= 0.6 is 0 Å². The monoisotopic (exact) mass is 406 g/mol. The quantitative estimate of drug-likeness (QED) is 0.584. The molecule has 0 bridgehead atoms. The Morgan fingerprint density at radius 2 is 1.93 bits per heavy atom. The van der Waals surface area contributed by atoms with Gasteiger partial charge >= 0.3 is 0 Å². The fourth-order valence-corrected chi connectivity index (χ4v) is 4.32. The van der Waals surface area contributed by atoms with Crippen molar-refractivity contribution in [2.45, 2.75) is 34.2 Å². The van der Waals surface area contributed by atoms with Gasteiger partial charge in [-0.25, -0.2) is 4.98 Å². The first kappa shape index (κ1) is 20.7. The fourth-order valence-electron chi connectivity index (χ4n) is 4.32. The van der Waals surface area contributed by atoms with E-state index in [2.05, 4.69) is 72.0 Å². The van der Waals surface area contributed by atoms with Crippen molar-refractivity contribution >= 4 is 17.2 Å². The van der Waals surface area contributed by atoms with Gasteiger partial charge in [0.1, 0.15) is 5.82 Å². The minimum Gasteiger partial charge on any atom is -0.381 e. The third-order valence-electron chi connectivity index (χ3n) is 5.89. The molecule has 3 aromatic rings. The summed E-state index contributed by atoms with van der Waals surface area (Å²) in [6, 6.07) is 6.64. The molecule has 1 saturated heterocycles. The molecule has 6 nitrogen and oxygen atoms in total. The van der Waals surface area contributed by atoms with E-state index in [0.717, 1.165) is 55.4 Å². The summed E-state index contributed by atoms with van der Waals surface area (Å²) in [6.07, 6.45) is 4.24. The van der Waals surface area contributed by atoms with E-state index in [1.54, 1.807) is 0 Å². The highest BCUT2D eigenvalue weighted by Crippen LogP contribution is 2.36. The highest BCUT2D eigenvalue weighted by atomic mass is 15.3. The smallest absolute Gasteiger partial charge is 0.162 e. The minimum absolute atomic E-state index is 0.468. The van der Waals surface area contributed by atoms with E-state index in [9.17, 15) is 0 Å². The molecule has 0 radical (unpaired) electrons. The van der Waals surface area contributed by atoms with Crippen molar-refractivity contribution in [3.05, 3.63) is 47.3 Å². The predicted molar refractivity (Wildman–Crippen MR) is 126 cm³/mol. The normalized spacial score (nSPS) is 14.7. The first-order chi connectivity index (χ1) is 14.5. The third-order valence-corrected chi connectivity index (χ3v) is 5.89. The molecule has 0 saturated carbocycles. The number of nitrogens with zero attached hydrogens (tertiary/aromatic N) is 3. The van der Waals surface area contributed by atoms with Crippen LogP contribution < -0.4 is 21.3 Å². The van der Waals surface area contributed by atoms with Gasteiger partial charge in [-0.15, -0.1) is 0 Å². The second-order valence-corrected chi connectivity index (χ2v) is 8.74. The maximum atomic E-state index is 6.32. The third kappa shape index (κ3) is 3.89. The number of hydrogen-bond donors (Lipinski definition) is 3. The van der Waals surface area contributed by atoms with Crippen molar-refractivity contribution in [3.8, 4) is 11.1 Å². The number of nitrogens with one attached hydrogen (secondary N) is 2. The van der Waals surface area contributed by atoms with Crippen LogP contribution in [0.4, 0.5) is 11.5 Å². The van der Waals surface area contributed by atoms with Gasteiger partial charge in [-0.3, -0.25) is 4.40 Å². The predicted octanol–water partition coefficient (Wildman–Crippen LogP) is 3.55. The number of hydrogen-bond acceptors (Lipinski definition) is 5. The second-order valence-electron chi connectivity index (χ2n) is 8.74. The lowest BCUT2D eigenvalue weighted by atomic mass is 9.95. The van der Waals surface area contributed by atoms with Crippen LogP contribution in [-0.4, -0.2) is 42.1 Å². The molecule has 0 atom stereocenters. The van der Waals surface area contributed by atoms with Crippen LogP contribution in [0.2, 0.25) is 0 Å². The first-order valence-electron chi connectivity index (χ1n) is 11.0. The zero-order chi connectivity index (χ0) is 21.3. The summed E-state index contributed by atoms with van der Waals surface area (Å²) in [5.74, 6) is 1.68. The van der Waals surface area contributed by atoms with Crippen LogP contribution in [0.1, 0.15) is 30.5 Å². The average molecular weight is 407 g/mol. The van der Waals surface area contributed by atoms with Gasteiger partial charge in [0, 0.05) is 56.6 Å². The number of piperazine rings is 1. The maximum Gasteiger partial charge on any atom is 0.162 e. The first-order valence-corrected chi connectivity index (χ1v) is 11.0. The summed E-state index contributed by atoms with van der Waals surface area (Å²) in [4.78, 5) is 7.25. The molecule has 6 heteroatoms. The molecule has 30 heavy (non-hydrogen) atoms. The number of aromatic nitrogens is 2. The number of aryl methyl sites for hydroxylation is 2. The van der Waals surface area contributed by atoms with E-state index >= 15 is 0 Å². The van der Waals surface area contributed by atoms with Gasteiger partial charge in [0.25, 0.3) is 0 Å². The van der Waals surface area contributed by atoms with Crippen molar-refractivity contribution in [3.63, 3.8) is 0 Å². The molecule has 1 aliphatic rings. The second kappa shape index (κ2) is 8.66. The van der Waals surface area contributed by atoms with Crippen molar-refractivity contribution in [1.29, 1.82) is 0 Å². The molecular formula is C24H34N6. The van der Waals surface area contributed by atoms with Crippen molar-refractivity contribution in [2.75, 3.05) is 42.9 Å². The Balaban J connectivity index is 1.94. The molecule has 0 amide bonds. The van der Waals surface area contributed by atoms with Gasteiger partial charge in [-0.1, -0.05) is 37.6 Å². The Hall–Kier alpha value is -2.57. The highest BCUT2D eigenvalue weighted by molar-refractivity contribution is 5.84. The lowest BCUT2D eigenvalue weighted by molar-refractivity contribution is 0.584. The number of benzene rings is 1. The van der Waals surface area contributed by atoms with Crippen LogP contribution in [-0.2, 0) is 6.54 Å². The summed E-state index contributed by atoms with van der Waals surface area (Å²) in [7, 11) is 0. The molecule has 1 aromatic carbocycles. The topological polar surface area (TPSA) is 70.6 Å². The van der Waals surface area contributed by atoms with Gasteiger partial charge in [0.15, 0.2) is 5.65 Å². The molecule has 0 unspecified atom stereocenters. The van der Waals surface area contributed by atoms with Gasteiger partial charge in [-0.2, -0.15) is 0 Å². The fraction of sp³-hybridized carbons (Fsp3) is 0.458. The summed E-state index contributed by atoms with van der Waals surface area (Å²) in [5.41, 5.74) is 14.4. The zero-order valence-electron chi connectivity index (χ0n) is 18.6. The Bertz CT molecular complexity index is 1030. The molecule has 0 aliphatic carbocycles. The van der Waals surface area contributed by atoms with E-state index in [1.165, 1.54) is 22.3 Å². The number of anilines is 2. The summed E-state index contributed by atoms with van der Waals surface area (Å²) >= 11 is 0. The molecule has 4 rings (SSSR count). The van der Waals surface area contributed by atoms with Crippen LogP contribution in [0.25, 0.3) is 16.8 Å². The van der Waals surface area contributed by atoms with Crippen LogP contribution in [0.3, 0.4) is 0 Å². The lowest BCUT2D eigenvalue weighted by Gasteiger charge is -2.29. The number of rotatable bonds is 6. The maximum absolute atomic E-state index is 6.32. The van der Waals surface area contributed by atoms with Crippen LogP contribution in [0.15, 0.2) is 30.6 Å². The Morgan fingerprint density at radius 3 is 2.60 bits per heavy atom. The Kier molecular flexibility index (Phi) is 5.97. The number of imidazole rings is 1. The van der Waals surface area contributed by atoms with Gasteiger partial charge < -0.3 is 21.3 Å². The highest BCUT2D eigenvalue weighted by Gasteiger charge is 2.21. The molecule has 3 heterocycles. The standard InChI is InChI=1S/C24H34N6/c1-16(2)13-27-23-20(12-25)21(19-6-5-17(3)11-18(19)4)15-30-22(14-28-24(23)30)29-9-7-26-8-10-29/h5-6,11,14-16,26-27H,7-10,12-13,25H2,1-4H3. The van der Waals surface area contributed by atoms with E-state index < -0.39 is 0 Å². The van der Waals surface area contributed by atoms with Crippen molar-refractivity contribution in [2.24, 2.45) is 11.7 Å². The molecule has 1 fully saturated rings. The van der Waals surface area contributed by atoms with E-state index in [1.807, 2.05) is 6.20 Å². The SMILES string of the molecule is Cc1ccc(-c2cn3c(N4CCNCC4)cnc3c(NCC(C)C)c2CN)c(C)c1. The summed E-state index contributed by atoms with van der Waals surface area (Å²) in [5, 5.41) is 7.11. The number of fused-ring (bicyclic) bond motifs is 1. The van der Waals surface area contributed by atoms with Crippen LogP contribution in [0, 0.1) is 19.8 Å². The Labute approximate surface area is 179 Å². The molecule has 2 aromatic heterocycles. The lowest BCUT2D eigenvalue weighted by Crippen LogP contribution is -2.44. The minimum atomic E-state index is 0.468. The summed E-state index contributed by atoms with van der Waals surface area (Å²) in [6.45, 7) is 14.1. The largest absolute Gasteiger partial charge is 0.381 e. The van der Waals surface area contributed by atoms with Crippen molar-refractivity contribution < 1.29 is 0 Å². The number of nitrogens with two attached hydrogens (primary N) is 1. The van der Waals surface area contributed by atoms with Crippen LogP contribution in [0.5, 0.6) is 0 Å². The summed E-state index contributed by atoms with van der Waals surface area (Å²) < 4.78 is 2.25. The molecule has 0 spiro atoms. The van der Waals surface area contributed by atoms with E-state index in [0.29, 0.717) is 12.5 Å². The van der Waals surface area contributed by atoms with Crippen molar-refractivity contribution in [1.82, 2.24) is 14.7 Å². The van der Waals surface area contributed by atoms with E-state index in [4.69, 9.17) is 10.7 Å². The van der Waals surface area contributed by atoms with E-state index in [-0.39, 0.29) is 0 Å². The van der Waals surface area contributed by atoms with Gasteiger partial charge in [0.2, 0.25) is 0 Å². The molecule has 1 aliphatic heterocycles. The molecular weight excluding hydrogens is 372 g/mol. The molecule has 4 N–H and O–H groups in total. The molecule has 160 valence electrons.